The van der Waals surface area contributed by atoms with Crippen LogP contribution in [0.2, 0.25) is 0 Å². The molecule has 0 amide bonds. The number of hydrogen-bond donors (Lipinski definition) is 4. The normalized spacial score (nSPS) is 10.2. The van der Waals surface area contributed by atoms with Crippen molar-refractivity contribution in [2.45, 2.75) is 12.8 Å². The molecule has 1 aromatic rings. The monoisotopic (exact) mass is 183 g/mol. The molecule has 0 aliphatic heterocycles. The Labute approximate surface area is 76.2 Å². The Morgan fingerprint density at radius 1 is 1.08 bits per heavy atom. The smallest absolute Gasteiger partial charge is 0.126 e. The van der Waals surface area contributed by atoms with E-state index in [4.69, 9.17) is 10.8 Å². The standard InChI is InChI=1S/C9H13NO3/c10-3-1-2-7-8(12)4-6(11)5-9(7)13/h4-5,11-13H,1-3,10H2. The van der Waals surface area contributed by atoms with Crippen LogP contribution >= 0.6 is 0 Å². The maximum atomic E-state index is 9.34. The molecular formula is C9H13NO3. The van der Waals surface area contributed by atoms with Gasteiger partial charge < -0.3 is 21.1 Å². The van der Waals surface area contributed by atoms with Gasteiger partial charge in [-0.15, -0.1) is 0 Å². The first-order valence-corrected chi connectivity index (χ1v) is 4.09. The number of nitrogens with two attached hydrogens (primary N) is 1. The van der Waals surface area contributed by atoms with Crippen LogP contribution in [-0.2, 0) is 6.42 Å². The minimum atomic E-state index is -0.147. The van der Waals surface area contributed by atoms with Gasteiger partial charge in [0.05, 0.1) is 0 Å². The van der Waals surface area contributed by atoms with Gasteiger partial charge in [0.2, 0.25) is 0 Å². The maximum Gasteiger partial charge on any atom is 0.126 e. The van der Waals surface area contributed by atoms with Crippen LogP contribution in [0, 0.1) is 0 Å². The van der Waals surface area contributed by atoms with Gasteiger partial charge >= 0.3 is 0 Å². The Kier molecular flexibility index (Phi) is 2.97. The largest absolute Gasteiger partial charge is 0.508 e. The Bertz CT molecular complexity index is 276. The molecule has 4 heteroatoms. The summed E-state index contributed by atoms with van der Waals surface area (Å²) < 4.78 is 0. The van der Waals surface area contributed by atoms with E-state index in [-0.39, 0.29) is 17.2 Å². The molecule has 0 unspecified atom stereocenters. The average molecular weight is 183 g/mol. The summed E-state index contributed by atoms with van der Waals surface area (Å²) in [6.07, 6.45) is 1.19. The molecule has 0 aliphatic rings. The summed E-state index contributed by atoms with van der Waals surface area (Å²) in [6.45, 7) is 0.500. The van der Waals surface area contributed by atoms with E-state index in [0.29, 0.717) is 24.9 Å². The van der Waals surface area contributed by atoms with Crippen molar-refractivity contribution in [1.82, 2.24) is 0 Å². The fourth-order valence-electron chi connectivity index (χ4n) is 1.16. The molecular weight excluding hydrogens is 170 g/mol. The summed E-state index contributed by atoms with van der Waals surface area (Å²) >= 11 is 0. The first-order valence-electron chi connectivity index (χ1n) is 4.09. The zero-order chi connectivity index (χ0) is 9.84. The Hall–Kier alpha value is -1.42. The number of rotatable bonds is 3. The van der Waals surface area contributed by atoms with E-state index >= 15 is 0 Å². The minimum absolute atomic E-state index is 0.0917. The molecule has 0 radical (unpaired) electrons. The molecule has 4 nitrogen and oxygen atoms in total. The van der Waals surface area contributed by atoms with E-state index in [1.165, 1.54) is 12.1 Å². The maximum absolute atomic E-state index is 9.34. The highest BCUT2D eigenvalue weighted by Crippen LogP contribution is 2.32. The summed E-state index contributed by atoms with van der Waals surface area (Å²) in [5, 5.41) is 27.7. The quantitative estimate of drug-likeness (QED) is 0.555. The van der Waals surface area contributed by atoms with Crippen molar-refractivity contribution in [2.24, 2.45) is 5.73 Å². The highest BCUT2D eigenvalue weighted by Gasteiger charge is 2.08. The summed E-state index contributed by atoms with van der Waals surface area (Å²) in [7, 11) is 0. The molecule has 0 heterocycles. The second kappa shape index (κ2) is 4.00. The highest BCUT2D eigenvalue weighted by atomic mass is 16.3. The third kappa shape index (κ3) is 2.26. The first kappa shape index (κ1) is 9.67. The first-order chi connectivity index (χ1) is 6.15. The van der Waals surface area contributed by atoms with Gasteiger partial charge in [0.15, 0.2) is 0 Å². The summed E-state index contributed by atoms with van der Waals surface area (Å²) in [5.41, 5.74) is 5.73. The third-order valence-electron chi connectivity index (χ3n) is 1.82. The molecule has 72 valence electrons. The molecule has 0 bridgehead atoms. The fraction of sp³-hybridized carbons (Fsp3) is 0.333. The van der Waals surface area contributed by atoms with Gasteiger partial charge in [0.1, 0.15) is 17.2 Å². The van der Waals surface area contributed by atoms with Gasteiger partial charge in [-0.3, -0.25) is 0 Å². The van der Waals surface area contributed by atoms with Gasteiger partial charge in [0, 0.05) is 17.7 Å². The van der Waals surface area contributed by atoms with Crippen LogP contribution in [0.25, 0.3) is 0 Å². The topological polar surface area (TPSA) is 86.7 Å². The SMILES string of the molecule is NCCCc1c(O)cc(O)cc1O. The number of hydrogen-bond acceptors (Lipinski definition) is 4. The van der Waals surface area contributed by atoms with E-state index in [9.17, 15) is 10.2 Å². The van der Waals surface area contributed by atoms with Crippen LogP contribution in [0.5, 0.6) is 17.2 Å². The molecule has 1 aromatic carbocycles. The lowest BCUT2D eigenvalue weighted by Gasteiger charge is -2.06. The van der Waals surface area contributed by atoms with Gasteiger partial charge in [-0.2, -0.15) is 0 Å². The van der Waals surface area contributed by atoms with Crippen molar-refractivity contribution in [2.75, 3.05) is 6.54 Å². The summed E-state index contributed by atoms with van der Waals surface area (Å²) in [6, 6.07) is 2.40. The van der Waals surface area contributed by atoms with Crippen molar-refractivity contribution in [3.8, 4) is 17.2 Å². The molecule has 0 spiro atoms. The molecule has 0 fully saturated rings. The minimum Gasteiger partial charge on any atom is -0.508 e. The highest BCUT2D eigenvalue weighted by molar-refractivity contribution is 5.48. The molecule has 0 saturated heterocycles. The van der Waals surface area contributed by atoms with Crippen LogP contribution in [-0.4, -0.2) is 21.9 Å². The third-order valence-corrected chi connectivity index (χ3v) is 1.82. The van der Waals surface area contributed by atoms with Crippen LogP contribution in [0.4, 0.5) is 0 Å². The zero-order valence-electron chi connectivity index (χ0n) is 7.20. The van der Waals surface area contributed by atoms with E-state index < -0.39 is 0 Å². The Balaban J connectivity index is 2.92. The van der Waals surface area contributed by atoms with Crippen molar-refractivity contribution in [3.63, 3.8) is 0 Å². The second-order valence-electron chi connectivity index (χ2n) is 2.85. The molecule has 0 saturated carbocycles. The van der Waals surface area contributed by atoms with E-state index in [2.05, 4.69) is 0 Å². The molecule has 0 aliphatic carbocycles. The molecule has 13 heavy (non-hydrogen) atoms. The second-order valence-corrected chi connectivity index (χ2v) is 2.85. The lowest BCUT2D eigenvalue weighted by molar-refractivity contribution is 0.418. The fourth-order valence-corrected chi connectivity index (χ4v) is 1.16. The molecule has 5 N–H and O–H groups in total. The predicted molar refractivity (Wildman–Crippen MR) is 48.8 cm³/mol. The number of phenolic OH excluding ortho intramolecular Hbond substituents is 3. The lowest BCUT2D eigenvalue weighted by atomic mass is 10.1. The van der Waals surface area contributed by atoms with Gasteiger partial charge in [-0.25, -0.2) is 0 Å². The lowest BCUT2D eigenvalue weighted by Crippen LogP contribution is -2.00. The van der Waals surface area contributed by atoms with Crippen LogP contribution in [0.3, 0.4) is 0 Å². The number of benzene rings is 1. The number of aromatic hydroxyl groups is 3. The zero-order valence-corrected chi connectivity index (χ0v) is 7.20. The van der Waals surface area contributed by atoms with E-state index in [1.54, 1.807) is 0 Å². The van der Waals surface area contributed by atoms with Gasteiger partial charge in [0.25, 0.3) is 0 Å². The van der Waals surface area contributed by atoms with Crippen LogP contribution in [0.15, 0.2) is 12.1 Å². The van der Waals surface area contributed by atoms with Crippen LogP contribution < -0.4 is 5.73 Å². The average Bonchev–Trinajstić information content (AvgIpc) is 2.02. The van der Waals surface area contributed by atoms with Gasteiger partial charge in [-0.05, 0) is 19.4 Å². The van der Waals surface area contributed by atoms with Crippen LogP contribution in [0.1, 0.15) is 12.0 Å². The summed E-state index contributed by atoms with van der Waals surface area (Å²) in [4.78, 5) is 0. The summed E-state index contributed by atoms with van der Waals surface area (Å²) in [5.74, 6) is -0.330. The van der Waals surface area contributed by atoms with Crippen molar-refractivity contribution >= 4 is 0 Å². The molecule has 1 rings (SSSR count). The van der Waals surface area contributed by atoms with Crippen molar-refractivity contribution < 1.29 is 15.3 Å². The molecule has 0 aromatic heterocycles. The van der Waals surface area contributed by atoms with Gasteiger partial charge in [-0.1, -0.05) is 0 Å². The Morgan fingerprint density at radius 3 is 2.08 bits per heavy atom. The van der Waals surface area contributed by atoms with Crippen molar-refractivity contribution in [3.05, 3.63) is 17.7 Å². The Morgan fingerprint density at radius 2 is 1.62 bits per heavy atom. The van der Waals surface area contributed by atoms with E-state index in [1.807, 2.05) is 0 Å². The predicted octanol–water partition coefficient (Wildman–Crippen LogP) is 0.695. The van der Waals surface area contributed by atoms with E-state index in [0.717, 1.165) is 0 Å². The molecule has 0 atom stereocenters. The number of phenols is 3. The van der Waals surface area contributed by atoms with Crippen molar-refractivity contribution in [1.29, 1.82) is 0 Å².